The highest BCUT2D eigenvalue weighted by Gasteiger charge is 2.21. The third-order valence-corrected chi connectivity index (χ3v) is 4.71. The minimum Gasteiger partial charge on any atom is -0.423 e. The van der Waals surface area contributed by atoms with Gasteiger partial charge in [0, 0.05) is 25.1 Å². The summed E-state index contributed by atoms with van der Waals surface area (Å²) in [7, 11) is 0. The zero-order valence-electron chi connectivity index (χ0n) is 18.9. The Morgan fingerprint density at radius 1 is 0.771 bits per heavy atom. The van der Waals surface area contributed by atoms with E-state index in [2.05, 4.69) is 10.6 Å². The average Bonchev–Trinajstić information content (AvgIpc) is 2.83. The van der Waals surface area contributed by atoms with Crippen molar-refractivity contribution >= 4 is 35.7 Å². The number of rotatable bonds is 8. The molecule has 3 aromatic carbocycles. The summed E-state index contributed by atoms with van der Waals surface area (Å²) in [5, 5.41) is 5.29. The van der Waals surface area contributed by atoms with Crippen LogP contribution in [0.4, 0.5) is 5.69 Å². The lowest BCUT2D eigenvalue weighted by molar-refractivity contribution is -0.134. The van der Waals surface area contributed by atoms with Crippen LogP contribution in [0.5, 0.6) is 11.5 Å². The first-order valence-corrected chi connectivity index (χ1v) is 10.5. The first-order valence-electron chi connectivity index (χ1n) is 10.5. The monoisotopic (exact) mass is 474 g/mol. The van der Waals surface area contributed by atoms with Gasteiger partial charge in [-0.2, -0.15) is 0 Å². The predicted molar refractivity (Wildman–Crippen MR) is 126 cm³/mol. The molecule has 9 nitrogen and oxygen atoms in total. The Morgan fingerprint density at radius 2 is 1.43 bits per heavy atom. The van der Waals surface area contributed by atoms with Crippen LogP contribution in [0.1, 0.15) is 46.2 Å². The van der Waals surface area contributed by atoms with Gasteiger partial charge in [-0.05, 0) is 42.0 Å². The summed E-state index contributed by atoms with van der Waals surface area (Å²) in [6.45, 7) is 2.34. The minimum atomic E-state index is -0.799. The van der Waals surface area contributed by atoms with Gasteiger partial charge in [0.1, 0.15) is 12.3 Å². The van der Waals surface area contributed by atoms with E-state index in [4.69, 9.17) is 9.47 Å². The van der Waals surface area contributed by atoms with Crippen molar-refractivity contribution in [3.8, 4) is 11.5 Å². The molecule has 0 heterocycles. The second-order valence-electron chi connectivity index (χ2n) is 7.35. The number of amides is 2. The van der Waals surface area contributed by atoms with Gasteiger partial charge in [-0.25, -0.2) is 0 Å². The number of hydrogen-bond donors (Lipinski definition) is 2. The van der Waals surface area contributed by atoms with Crippen molar-refractivity contribution in [1.82, 2.24) is 5.32 Å². The van der Waals surface area contributed by atoms with Gasteiger partial charge in [0.25, 0.3) is 11.8 Å². The van der Waals surface area contributed by atoms with Crippen molar-refractivity contribution in [2.75, 3.05) is 5.32 Å². The molecule has 178 valence electrons. The maximum atomic E-state index is 12.9. The fourth-order valence-electron chi connectivity index (χ4n) is 3.16. The number of aldehydes is 1. The zero-order valence-corrected chi connectivity index (χ0v) is 18.9. The highest BCUT2D eigenvalue weighted by Crippen LogP contribution is 2.32. The Hall–Kier alpha value is -4.79. The third-order valence-electron chi connectivity index (χ3n) is 4.71. The summed E-state index contributed by atoms with van der Waals surface area (Å²) in [5.41, 5.74) is 1.26. The van der Waals surface area contributed by atoms with Gasteiger partial charge < -0.3 is 24.9 Å². The highest BCUT2D eigenvalue weighted by molar-refractivity contribution is 6.07. The van der Waals surface area contributed by atoms with Crippen molar-refractivity contribution in [3.05, 3.63) is 89.5 Å². The Morgan fingerprint density at radius 3 is 2.03 bits per heavy atom. The van der Waals surface area contributed by atoms with E-state index in [1.807, 2.05) is 6.07 Å². The standard InChI is InChI=1S/C26H22N2O7/c1-16(30)34-23-10-6-9-21(24(23)35-17(2)31)26(33)27-20-13-11-19(12-14-20)25(32)28-22(15-29)18-7-4-3-5-8-18/h3-15,22H,1-2H3,(H,27,33)(H,28,32). The number of nitrogens with one attached hydrogen (secondary N) is 2. The number of benzene rings is 3. The van der Waals surface area contributed by atoms with Gasteiger partial charge in [-0.15, -0.1) is 0 Å². The molecule has 3 rings (SSSR count). The first-order chi connectivity index (χ1) is 16.8. The molecule has 35 heavy (non-hydrogen) atoms. The topological polar surface area (TPSA) is 128 Å². The number of carbonyl (C=O) groups excluding carboxylic acids is 5. The molecule has 0 fully saturated rings. The lowest BCUT2D eigenvalue weighted by Gasteiger charge is -2.14. The first kappa shape index (κ1) is 24.8. The molecule has 0 radical (unpaired) electrons. The van der Waals surface area contributed by atoms with Gasteiger partial charge >= 0.3 is 11.9 Å². The molecular formula is C26H22N2O7. The summed E-state index contributed by atoms with van der Waals surface area (Å²) in [6.07, 6.45) is 0.645. The van der Waals surface area contributed by atoms with Crippen LogP contribution < -0.4 is 20.1 Å². The van der Waals surface area contributed by atoms with Crippen molar-refractivity contribution in [3.63, 3.8) is 0 Å². The summed E-state index contributed by atoms with van der Waals surface area (Å²) >= 11 is 0. The second-order valence-corrected chi connectivity index (χ2v) is 7.35. The van der Waals surface area contributed by atoms with Crippen LogP contribution in [0.15, 0.2) is 72.8 Å². The quantitative estimate of drug-likeness (QED) is 0.291. The van der Waals surface area contributed by atoms with E-state index in [0.29, 0.717) is 17.5 Å². The predicted octanol–water partition coefficient (Wildman–Crippen LogP) is 3.46. The van der Waals surface area contributed by atoms with Crippen LogP contribution in [0.2, 0.25) is 0 Å². The van der Waals surface area contributed by atoms with E-state index in [1.54, 1.807) is 24.3 Å². The van der Waals surface area contributed by atoms with Gasteiger partial charge in [-0.3, -0.25) is 19.2 Å². The van der Waals surface area contributed by atoms with Crippen LogP contribution in [-0.4, -0.2) is 30.0 Å². The Bertz CT molecular complexity index is 1250. The maximum Gasteiger partial charge on any atom is 0.308 e. The highest BCUT2D eigenvalue weighted by atomic mass is 16.6. The molecule has 9 heteroatoms. The SMILES string of the molecule is CC(=O)Oc1cccc(C(=O)Nc2ccc(C(=O)NC(C=O)c3ccccc3)cc2)c1OC(C)=O. The molecule has 2 N–H and O–H groups in total. The number of para-hydroxylation sites is 1. The lowest BCUT2D eigenvalue weighted by atomic mass is 10.1. The Balaban J connectivity index is 1.74. The molecule has 0 aliphatic rings. The van der Waals surface area contributed by atoms with Crippen LogP contribution >= 0.6 is 0 Å². The van der Waals surface area contributed by atoms with Gasteiger partial charge in [0.15, 0.2) is 11.5 Å². The number of ether oxygens (including phenoxy) is 2. The number of anilines is 1. The van der Waals surface area contributed by atoms with Crippen LogP contribution in [0.3, 0.4) is 0 Å². The molecule has 0 bridgehead atoms. The molecule has 0 aliphatic carbocycles. The number of hydrogen-bond acceptors (Lipinski definition) is 7. The van der Waals surface area contributed by atoms with E-state index in [-0.39, 0.29) is 22.6 Å². The third kappa shape index (κ3) is 6.61. The van der Waals surface area contributed by atoms with E-state index in [1.165, 1.54) is 49.4 Å². The summed E-state index contributed by atoms with van der Waals surface area (Å²) in [5.74, 6) is -2.69. The number of esters is 2. The summed E-state index contributed by atoms with van der Waals surface area (Å²) in [6, 6.07) is 18.3. The van der Waals surface area contributed by atoms with Crippen molar-refractivity contribution < 1.29 is 33.4 Å². The molecule has 0 aliphatic heterocycles. The van der Waals surface area contributed by atoms with Gasteiger partial charge in [0.05, 0.1) is 5.56 Å². The maximum absolute atomic E-state index is 12.9. The smallest absolute Gasteiger partial charge is 0.308 e. The van der Waals surface area contributed by atoms with E-state index in [9.17, 15) is 24.0 Å². The van der Waals surface area contributed by atoms with E-state index < -0.39 is 29.8 Å². The molecule has 0 aromatic heterocycles. The number of carbonyl (C=O) groups is 5. The molecule has 0 saturated carbocycles. The van der Waals surface area contributed by atoms with Crippen LogP contribution in [-0.2, 0) is 14.4 Å². The fraction of sp³-hybridized carbons (Fsp3) is 0.115. The molecule has 3 aromatic rings. The average molecular weight is 474 g/mol. The van der Waals surface area contributed by atoms with Crippen molar-refractivity contribution in [1.29, 1.82) is 0 Å². The molecule has 0 spiro atoms. The normalized spacial score (nSPS) is 11.0. The van der Waals surface area contributed by atoms with Gasteiger partial charge in [-0.1, -0.05) is 36.4 Å². The van der Waals surface area contributed by atoms with Crippen LogP contribution in [0, 0.1) is 0 Å². The summed E-state index contributed by atoms with van der Waals surface area (Å²) in [4.78, 5) is 59.7. The van der Waals surface area contributed by atoms with Crippen molar-refractivity contribution in [2.24, 2.45) is 0 Å². The van der Waals surface area contributed by atoms with E-state index >= 15 is 0 Å². The molecule has 0 saturated heterocycles. The molecule has 1 atom stereocenters. The fourth-order valence-corrected chi connectivity index (χ4v) is 3.16. The largest absolute Gasteiger partial charge is 0.423 e. The molecular weight excluding hydrogens is 452 g/mol. The lowest BCUT2D eigenvalue weighted by Crippen LogP contribution is -2.29. The van der Waals surface area contributed by atoms with Crippen molar-refractivity contribution in [2.45, 2.75) is 19.9 Å². The minimum absolute atomic E-state index is 0.0301. The zero-order chi connectivity index (χ0) is 25.4. The Kier molecular flexibility index (Phi) is 8.07. The second kappa shape index (κ2) is 11.4. The van der Waals surface area contributed by atoms with Gasteiger partial charge in [0.2, 0.25) is 0 Å². The van der Waals surface area contributed by atoms with E-state index in [0.717, 1.165) is 6.92 Å². The summed E-state index contributed by atoms with van der Waals surface area (Å²) < 4.78 is 10.1. The molecule has 2 amide bonds. The Labute approximate surface area is 201 Å². The van der Waals surface area contributed by atoms with Crippen LogP contribution in [0.25, 0.3) is 0 Å². The molecule has 1 unspecified atom stereocenters.